The first-order valence-corrected chi connectivity index (χ1v) is 11.8. The number of methoxy groups -OCH3 is 1. The maximum absolute atomic E-state index is 11.4. The van der Waals surface area contributed by atoms with Crippen LogP contribution in [0.4, 0.5) is 0 Å². The highest BCUT2D eigenvalue weighted by atomic mass is 16.5. The fraction of sp³-hybridized carbons (Fsp3) is 0.276. The van der Waals surface area contributed by atoms with Gasteiger partial charge in [-0.15, -0.1) is 0 Å². The van der Waals surface area contributed by atoms with Crippen LogP contribution in [0, 0.1) is 6.92 Å². The maximum Gasteiger partial charge on any atom is 0.333 e. The highest BCUT2D eigenvalue weighted by molar-refractivity contribution is 5.84. The first kappa shape index (κ1) is 24.4. The molecule has 182 valence electrons. The highest BCUT2D eigenvalue weighted by Gasteiger charge is 2.18. The van der Waals surface area contributed by atoms with E-state index in [-0.39, 0.29) is 0 Å². The summed E-state index contributed by atoms with van der Waals surface area (Å²) < 4.78 is 19.0. The molecular formula is C29H31NO5. The van der Waals surface area contributed by atoms with Crippen LogP contribution >= 0.6 is 0 Å². The second-order valence-corrected chi connectivity index (χ2v) is 8.42. The van der Waals surface area contributed by atoms with Gasteiger partial charge in [-0.25, -0.2) is 4.79 Å². The number of benzene rings is 3. The van der Waals surface area contributed by atoms with Crippen molar-refractivity contribution in [3.8, 4) is 22.8 Å². The fourth-order valence-corrected chi connectivity index (χ4v) is 4.26. The van der Waals surface area contributed by atoms with Crippen LogP contribution in [-0.4, -0.2) is 42.1 Å². The predicted octanol–water partition coefficient (Wildman–Crippen LogP) is 5.74. The Morgan fingerprint density at radius 1 is 0.943 bits per heavy atom. The van der Waals surface area contributed by atoms with Crippen LogP contribution in [0.1, 0.15) is 18.2 Å². The second kappa shape index (κ2) is 11.1. The molecule has 0 fully saturated rings. The van der Waals surface area contributed by atoms with Gasteiger partial charge in [0.1, 0.15) is 18.1 Å². The zero-order valence-corrected chi connectivity index (χ0v) is 20.4. The molecule has 0 aliphatic carbocycles. The molecule has 0 aliphatic rings. The van der Waals surface area contributed by atoms with Crippen molar-refractivity contribution in [2.45, 2.75) is 32.9 Å². The van der Waals surface area contributed by atoms with E-state index in [2.05, 4.69) is 35.8 Å². The van der Waals surface area contributed by atoms with E-state index in [1.54, 1.807) is 14.0 Å². The van der Waals surface area contributed by atoms with Crippen LogP contribution in [0.15, 0.2) is 72.8 Å². The lowest BCUT2D eigenvalue weighted by Gasteiger charge is -2.14. The third-order valence-electron chi connectivity index (χ3n) is 6.11. The molecule has 3 aromatic carbocycles. The van der Waals surface area contributed by atoms with Crippen molar-refractivity contribution in [3.63, 3.8) is 0 Å². The summed E-state index contributed by atoms with van der Waals surface area (Å²) in [5.41, 5.74) is 4.39. The summed E-state index contributed by atoms with van der Waals surface area (Å²) in [7, 11) is 1.67. The number of hydrogen-bond donors (Lipinski definition) is 1. The number of carboxylic acid groups (broad SMARTS) is 1. The van der Waals surface area contributed by atoms with Gasteiger partial charge in [0.15, 0.2) is 6.10 Å². The lowest BCUT2D eigenvalue weighted by Crippen LogP contribution is -2.26. The van der Waals surface area contributed by atoms with Crippen molar-refractivity contribution in [1.29, 1.82) is 0 Å². The van der Waals surface area contributed by atoms with Crippen molar-refractivity contribution in [1.82, 2.24) is 4.57 Å². The zero-order valence-electron chi connectivity index (χ0n) is 20.4. The normalized spacial score (nSPS) is 12.0. The third kappa shape index (κ3) is 5.84. The molecule has 1 aromatic heterocycles. The molecule has 0 unspecified atom stereocenters. The standard InChI is InChI=1S/C29H31NO5/c1-4-34-28(29(31)32)18-21-6-7-24-19-26(13-10-23(24)17-21)35-16-15-30-20(2)5-14-27(30)22-8-11-25(33-3)12-9-22/h5-14,17,19,28H,4,15-16,18H2,1-3H3,(H,31,32)/t28-/m1/s1. The Kier molecular flexibility index (Phi) is 7.73. The molecule has 4 aromatic rings. The van der Waals surface area contributed by atoms with E-state index in [4.69, 9.17) is 14.2 Å². The molecule has 6 nitrogen and oxygen atoms in total. The number of fused-ring (bicyclic) bond motifs is 1. The summed E-state index contributed by atoms with van der Waals surface area (Å²) >= 11 is 0. The second-order valence-electron chi connectivity index (χ2n) is 8.42. The van der Waals surface area contributed by atoms with E-state index < -0.39 is 12.1 Å². The number of rotatable bonds is 11. The number of aryl methyl sites for hydroxylation is 1. The van der Waals surface area contributed by atoms with Crippen LogP contribution in [0.3, 0.4) is 0 Å². The number of aliphatic carboxylic acids is 1. The van der Waals surface area contributed by atoms with Crippen LogP contribution < -0.4 is 9.47 Å². The molecule has 0 saturated heterocycles. The molecule has 0 bridgehead atoms. The minimum absolute atomic E-state index is 0.337. The molecule has 0 amide bonds. The number of carbonyl (C=O) groups is 1. The van der Waals surface area contributed by atoms with E-state index in [1.807, 2.05) is 48.5 Å². The summed E-state index contributed by atoms with van der Waals surface area (Å²) in [6.07, 6.45) is -0.496. The van der Waals surface area contributed by atoms with Gasteiger partial charge in [-0.1, -0.05) is 24.3 Å². The van der Waals surface area contributed by atoms with Crippen LogP contribution in [0.5, 0.6) is 11.5 Å². The molecular weight excluding hydrogens is 442 g/mol. The Hall–Kier alpha value is -3.77. The summed E-state index contributed by atoms with van der Waals surface area (Å²) in [5.74, 6) is 0.703. The van der Waals surface area contributed by atoms with Crippen molar-refractivity contribution in [2.75, 3.05) is 20.3 Å². The van der Waals surface area contributed by atoms with Gasteiger partial charge >= 0.3 is 5.97 Å². The summed E-state index contributed by atoms with van der Waals surface area (Å²) in [6, 6.07) is 24.3. The molecule has 0 spiro atoms. The summed E-state index contributed by atoms with van der Waals surface area (Å²) in [4.78, 5) is 11.4. The largest absolute Gasteiger partial charge is 0.497 e. The molecule has 1 atom stereocenters. The quantitative estimate of drug-likeness (QED) is 0.301. The molecule has 0 aliphatic heterocycles. The maximum atomic E-state index is 11.4. The van der Waals surface area contributed by atoms with Gasteiger partial charge in [-0.2, -0.15) is 0 Å². The molecule has 1 N–H and O–H groups in total. The molecule has 6 heteroatoms. The highest BCUT2D eigenvalue weighted by Crippen LogP contribution is 2.26. The predicted molar refractivity (Wildman–Crippen MR) is 137 cm³/mol. The van der Waals surface area contributed by atoms with Gasteiger partial charge in [-0.05, 0) is 84.3 Å². The van der Waals surface area contributed by atoms with Crippen molar-refractivity contribution < 1.29 is 24.1 Å². The van der Waals surface area contributed by atoms with E-state index in [1.165, 1.54) is 5.69 Å². The van der Waals surface area contributed by atoms with Crippen molar-refractivity contribution in [3.05, 3.63) is 84.1 Å². The summed E-state index contributed by atoms with van der Waals surface area (Å²) in [5, 5.41) is 11.4. The fourth-order valence-electron chi connectivity index (χ4n) is 4.26. The smallest absolute Gasteiger partial charge is 0.333 e. The monoisotopic (exact) mass is 473 g/mol. The lowest BCUT2D eigenvalue weighted by molar-refractivity contribution is -0.149. The van der Waals surface area contributed by atoms with Crippen molar-refractivity contribution in [2.24, 2.45) is 0 Å². The van der Waals surface area contributed by atoms with Gasteiger partial charge < -0.3 is 23.9 Å². The summed E-state index contributed by atoms with van der Waals surface area (Å²) in [6.45, 7) is 5.54. The number of hydrogen-bond acceptors (Lipinski definition) is 4. The van der Waals surface area contributed by atoms with Crippen LogP contribution in [0.25, 0.3) is 22.0 Å². The third-order valence-corrected chi connectivity index (χ3v) is 6.11. The number of carboxylic acids is 1. The molecule has 4 rings (SSSR count). The number of ether oxygens (including phenoxy) is 3. The Bertz CT molecular complexity index is 1290. The van der Waals surface area contributed by atoms with Crippen LogP contribution in [-0.2, 0) is 22.5 Å². The zero-order chi connectivity index (χ0) is 24.8. The lowest BCUT2D eigenvalue weighted by atomic mass is 10.0. The van der Waals surface area contributed by atoms with Crippen molar-refractivity contribution >= 4 is 16.7 Å². The Labute approximate surface area is 205 Å². The topological polar surface area (TPSA) is 69.9 Å². The van der Waals surface area contributed by atoms with Gasteiger partial charge in [0.25, 0.3) is 0 Å². The van der Waals surface area contributed by atoms with Gasteiger partial charge in [0.2, 0.25) is 0 Å². The van der Waals surface area contributed by atoms with E-state index in [0.717, 1.165) is 45.6 Å². The van der Waals surface area contributed by atoms with E-state index >= 15 is 0 Å². The van der Waals surface area contributed by atoms with E-state index in [0.29, 0.717) is 19.6 Å². The van der Waals surface area contributed by atoms with Gasteiger partial charge in [0, 0.05) is 24.4 Å². The molecule has 0 radical (unpaired) electrons. The number of aromatic nitrogens is 1. The first-order valence-electron chi connectivity index (χ1n) is 11.8. The van der Waals surface area contributed by atoms with Gasteiger partial charge in [0.05, 0.1) is 13.7 Å². The minimum atomic E-state index is -0.941. The Morgan fingerprint density at radius 3 is 2.37 bits per heavy atom. The average Bonchev–Trinajstić information content (AvgIpc) is 3.24. The molecule has 0 saturated carbocycles. The van der Waals surface area contributed by atoms with Crippen LogP contribution in [0.2, 0.25) is 0 Å². The SMILES string of the molecule is CCO[C@H](Cc1ccc2cc(OCCn3c(C)ccc3-c3ccc(OC)cc3)ccc2c1)C(=O)O. The first-order chi connectivity index (χ1) is 17.0. The number of nitrogens with zero attached hydrogens (tertiary/aromatic N) is 1. The molecule has 1 heterocycles. The van der Waals surface area contributed by atoms with E-state index in [9.17, 15) is 9.90 Å². The Balaban J connectivity index is 1.42. The minimum Gasteiger partial charge on any atom is -0.497 e. The molecule has 35 heavy (non-hydrogen) atoms. The van der Waals surface area contributed by atoms with Gasteiger partial charge in [-0.3, -0.25) is 0 Å². The average molecular weight is 474 g/mol. The Morgan fingerprint density at radius 2 is 1.66 bits per heavy atom.